The topological polar surface area (TPSA) is 66.9 Å². The van der Waals surface area contributed by atoms with Crippen molar-refractivity contribution in [3.8, 4) is 0 Å². The average molecular weight is 366 g/mol. The number of aromatic nitrogens is 2. The summed E-state index contributed by atoms with van der Waals surface area (Å²) in [6.07, 6.45) is 6.20. The molecule has 24 heavy (non-hydrogen) atoms. The Morgan fingerprint density at radius 1 is 1.29 bits per heavy atom. The Labute approximate surface area is 148 Å². The van der Waals surface area contributed by atoms with Crippen molar-refractivity contribution in [2.75, 3.05) is 16.4 Å². The Morgan fingerprint density at radius 3 is 2.92 bits per heavy atom. The molecular formula is C16H19FN4OS2. The average Bonchev–Trinajstić information content (AvgIpc) is 3.01. The highest BCUT2D eigenvalue weighted by Gasteiger charge is 2.15. The highest BCUT2D eigenvalue weighted by atomic mass is 32.2. The highest BCUT2D eigenvalue weighted by Crippen LogP contribution is 2.28. The molecule has 0 saturated heterocycles. The lowest BCUT2D eigenvalue weighted by atomic mass is 9.96. The molecule has 1 fully saturated rings. The molecule has 5 nitrogen and oxygen atoms in total. The molecule has 1 heterocycles. The number of carbonyl (C=O) groups is 1. The van der Waals surface area contributed by atoms with Gasteiger partial charge in [0, 0.05) is 11.7 Å². The van der Waals surface area contributed by atoms with Crippen LogP contribution in [0.4, 0.5) is 15.2 Å². The Hall–Kier alpha value is -1.67. The van der Waals surface area contributed by atoms with Crippen LogP contribution in [-0.4, -0.2) is 27.9 Å². The first-order valence-electron chi connectivity index (χ1n) is 7.97. The van der Waals surface area contributed by atoms with Crippen LogP contribution >= 0.6 is 23.1 Å². The summed E-state index contributed by atoms with van der Waals surface area (Å²) < 4.78 is 13.8. The van der Waals surface area contributed by atoms with E-state index < -0.39 is 0 Å². The second-order valence-electron chi connectivity index (χ2n) is 5.70. The molecule has 0 aliphatic heterocycles. The summed E-state index contributed by atoms with van der Waals surface area (Å²) in [6, 6.07) is 6.34. The van der Waals surface area contributed by atoms with Gasteiger partial charge in [0.25, 0.3) is 0 Å². The smallest absolute Gasteiger partial charge is 0.234 e. The summed E-state index contributed by atoms with van der Waals surface area (Å²) >= 11 is 2.80. The molecule has 0 bridgehead atoms. The van der Waals surface area contributed by atoms with Gasteiger partial charge in [-0.2, -0.15) is 0 Å². The summed E-state index contributed by atoms with van der Waals surface area (Å²) in [5.41, 5.74) is 0.456. The van der Waals surface area contributed by atoms with Crippen molar-refractivity contribution in [1.29, 1.82) is 0 Å². The lowest BCUT2D eigenvalue weighted by molar-refractivity contribution is -0.113. The van der Waals surface area contributed by atoms with Gasteiger partial charge in [0.15, 0.2) is 4.34 Å². The van der Waals surface area contributed by atoms with Gasteiger partial charge in [-0.3, -0.25) is 4.79 Å². The fourth-order valence-electron chi connectivity index (χ4n) is 2.64. The summed E-state index contributed by atoms with van der Waals surface area (Å²) in [6.45, 7) is 0. The summed E-state index contributed by atoms with van der Waals surface area (Å²) in [5.74, 6) is -0.347. The van der Waals surface area contributed by atoms with Crippen molar-refractivity contribution in [3.05, 3.63) is 30.1 Å². The zero-order valence-electron chi connectivity index (χ0n) is 13.1. The minimum absolute atomic E-state index is 0.192. The van der Waals surface area contributed by atoms with Crippen LogP contribution in [0.15, 0.2) is 28.6 Å². The van der Waals surface area contributed by atoms with Gasteiger partial charge in [0.2, 0.25) is 11.0 Å². The maximum atomic E-state index is 13.1. The maximum absolute atomic E-state index is 13.1. The van der Waals surface area contributed by atoms with Crippen LogP contribution < -0.4 is 10.6 Å². The Balaban J connectivity index is 1.45. The normalized spacial score (nSPS) is 15.2. The van der Waals surface area contributed by atoms with Crippen molar-refractivity contribution in [2.24, 2.45) is 0 Å². The third-order valence-corrected chi connectivity index (χ3v) is 5.76. The second-order valence-corrected chi connectivity index (χ2v) is 7.90. The predicted octanol–water partition coefficient (Wildman–Crippen LogP) is 4.15. The van der Waals surface area contributed by atoms with Gasteiger partial charge >= 0.3 is 0 Å². The van der Waals surface area contributed by atoms with Crippen molar-refractivity contribution in [2.45, 2.75) is 42.5 Å². The Kier molecular flexibility index (Phi) is 6.03. The fraction of sp³-hybridized carbons (Fsp3) is 0.438. The van der Waals surface area contributed by atoms with E-state index in [1.54, 1.807) is 12.1 Å². The van der Waals surface area contributed by atoms with Gasteiger partial charge in [0.1, 0.15) is 5.82 Å². The number of rotatable bonds is 6. The van der Waals surface area contributed by atoms with Gasteiger partial charge in [-0.25, -0.2) is 4.39 Å². The molecule has 2 N–H and O–H groups in total. The molecule has 1 saturated carbocycles. The highest BCUT2D eigenvalue weighted by molar-refractivity contribution is 8.01. The number of nitrogens with zero attached hydrogens (tertiary/aromatic N) is 2. The van der Waals surface area contributed by atoms with Crippen LogP contribution in [0.3, 0.4) is 0 Å². The molecule has 0 spiro atoms. The van der Waals surface area contributed by atoms with Crippen LogP contribution in [0.25, 0.3) is 0 Å². The van der Waals surface area contributed by atoms with Gasteiger partial charge in [0.05, 0.1) is 5.75 Å². The number of carbonyl (C=O) groups excluding carboxylic acids is 1. The number of hydrogen-bond donors (Lipinski definition) is 2. The largest absolute Gasteiger partial charge is 0.357 e. The molecule has 1 aromatic carbocycles. The number of hydrogen-bond acceptors (Lipinski definition) is 6. The number of benzene rings is 1. The quantitative estimate of drug-likeness (QED) is 0.752. The van der Waals surface area contributed by atoms with E-state index in [4.69, 9.17) is 0 Å². The lowest BCUT2D eigenvalue weighted by Crippen LogP contribution is -2.21. The van der Waals surface area contributed by atoms with Crippen LogP contribution in [0.5, 0.6) is 0 Å². The third-order valence-electron chi connectivity index (χ3n) is 3.77. The van der Waals surface area contributed by atoms with Crippen molar-refractivity contribution in [3.63, 3.8) is 0 Å². The van der Waals surface area contributed by atoms with Gasteiger partial charge < -0.3 is 10.6 Å². The molecule has 0 unspecified atom stereocenters. The first-order chi connectivity index (χ1) is 11.7. The van der Waals surface area contributed by atoms with E-state index in [0.29, 0.717) is 11.7 Å². The van der Waals surface area contributed by atoms with E-state index >= 15 is 0 Å². The molecule has 1 amide bonds. The molecule has 128 valence electrons. The zero-order chi connectivity index (χ0) is 16.8. The predicted molar refractivity (Wildman–Crippen MR) is 96.2 cm³/mol. The van der Waals surface area contributed by atoms with Gasteiger partial charge in [-0.15, -0.1) is 10.2 Å². The lowest BCUT2D eigenvalue weighted by Gasteiger charge is -2.21. The zero-order valence-corrected chi connectivity index (χ0v) is 14.8. The minimum Gasteiger partial charge on any atom is -0.357 e. The van der Waals surface area contributed by atoms with E-state index in [1.807, 2.05) is 0 Å². The van der Waals surface area contributed by atoms with E-state index in [0.717, 1.165) is 9.47 Å². The second kappa shape index (κ2) is 8.43. The van der Waals surface area contributed by atoms with Crippen molar-refractivity contribution < 1.29 is 9.18 Å². The van der Waals surface area contributed by atoms with E-state index in [9.17, 15) is 9.18 Å². The van der Waals surface area contributed by atoms with Crippen LogP contribution in [0.1, 0.15) is 32.1 Å². The molecular weight excluding hydrogens is 347 g/mol. The number of thioether (sulfide) groups is 1. The molecule has 1 aliphatic rings. The standard InChI is InChI=1S/C16H19FN4OS2/c17-11-5-4-8-13(9-11)18-14(22)10-23-16-21-20-15(24-16)19-12-6-2-1-3-7-12/h4-5,8-9,12H,1-3,6-7,10H2,(H,18,22)(H,19,20). The number of halogens is 1. The SMILES string of the molecule is O=C(CSc1nnc(NC2CCCCC2)s1)Nc1cccc(F)c1. The van der Waals surface area contributed by atoms with E-state index in [2.05, 4.69) is 20.8 Å². The molecule has 8 heteroatoms. The first kappa shape index (κ1) is 17.2. The van der Waals surface area contributed by atoms with Crippen LogP contribution in [-0.2, 0) is 4.79 Å². The molecule has 2 aromatic rings. The van der Waals surface area contributed by atoms with E-state index in [-0.39, 0.29) is 17.5 Å². The molecule has 1 aromatic heterocycles. The Bertz CT molecular complexity index is 688. The summed E-state index contributed by atoms with van der Waals surface area (Å²) in [4.78, 5) is 11.9. The summed E-state index contributed by atoms with van der Waals surface area (Å²) in [5, 5.41) is 15.1. The number of amides is 1. The Morgan fingerprint density at radius 2 is 2.12 bits per heavy atom. The number of anilines is 2. The molecule has 0 radical (unpaired) electrons. The molecule has 1 aliphatic carbocycles. The van der Waals surface area contributed by atoms with E-state index in [1.165, 1.54) is 67.3 Å². The van der Waals surface area contributed by atoms with Crippen molar-refractivity contribution >= 4 is 39.8 Å². The molecule has 3 rings (SSSR count). The minimum atomic E-state index is -0.372. The van der Waals surface area contributed by atoms with Crippen LogP contribution in [0, 0.1) is 5.82 Å². The summed E-state index contributed by atoms with van der Waals surface area (Å²) in [7, 11) is 0. The maximum Gasteiger partial charge on any atom is 0.234 e. The monoisotopic (exact) mass is 366 g/mol. The molecule has 0 atom stereocenters. The van der Waals surface area contributed by atoms with Crippen molar-refractivity contribution in [1.82, 2.24) is 10.2 Å². The van der Waals surface area contributed by atoms with Gasteiger partial charge in [-0.05, 0) is 31.0 Å². The van der Waals surface area contributed by atoms with Gasteiger partial charge in [-0.1, -0.05) is 48.4 Å². The number of nitrogens with one attached hydrogen (secondary N) is 2. The fourth-order valence-corrected chi connectivity index (χ4v) is 4.27. The third kappa shape index (κ3) is 5.17. The first-order valence-corrected chi connectivity index (χ1v) is 9.77. The van der Waals surface area contributed by atoms with Crippen LogP contribution in [0.2, 0.25) is 0 Å².